The molecule has 3 rings (SSSR count). The smallest absolute Gasteiger partial charge is 0.110 e. The molecule has 1 nitrogen and oxygen atoms in total. The molecule has 180 valence electrons. The Balaban J connectivity index is 0.000000334. The van der Waals surface area contributed by atoms with Crippen LogP contribution in [0, 0.1) is 0 Å². The Hall–Kier alpha value is -1.53. The van der Waals surface area contributed by atoms with Crippen LogP contribution in [0.2, 0.25) is 0 Å². The van der Waals surface area contributed by atoms with E-state index in [1.54, 1.807) is 0 Å². The Morgan fingerprint density at radius 2 is 1.03 bits per heavy atom. The first-order chi connectivity index (χ1) is 16.3. The van der Waals surface area contributed by atoms with Crippen molar-refractivity contribution >= 4 is 50.2 Å². The summed E-state index contributed by atoms with van der Waals surface area (Å²) < 4.78 is 0. The third-order valence-corrected chi connectivity index (χ3v) is 6.07. The van der Waals surface area contributed by atoms with Crippen molar-refractivity contribution in [3.8, 4) is 0 Å². The summed E-state index contributed by atoms with van der Waals surface area (Å²) in [4.78, 5) is 0.752. The normalized spacial score (nSPS) is 9.91. The summed E-state index contributed by atoms with van der Waals surface area (Å²) in [6.45, 7) is 2.28. The van der Waals surface area contributed by atoms with Crippen LogP contribution in [0.15, 0.2) is 91.0 Å². The van der Waals surface area contributed by atoms with Crippen LogP contribution in [0.4, 0.5) is 5.69 Å². The Labute approximate surface area is 233 Å². The molecule has 0 atom stereocenters. The predicted octanol–water partition coefficient (Wildman–Crippen LogP) is 9.24. The van der Waals surface area contributed by atoms with Crippen LogP contribution in [0.5, 0.6) is 0 Å². The number of rotatable bonds is 13. The van der Waals surface area contributed by atoms with Crippen LogP contribution < -0.4 is 5.32 Å². The maximum atomic E-state index is 5.29. The first-order valence-corrected chi connectivity index (χ1v) is 13.2. The second-order valence-electron chi connectivity index (χ2n) is 8.60. The quantitative estimate of drug-likeness (QED) is 0.111. The molecular formula is C31H41NPbS. The molecule has 0 bridgehead atoms. The van der Waals surface area contributed by atoms with Crippen LogP contribution in [0.3, 0.4) is 0 Å². The fourth-order valence-corrected chi connectivity index (χ4v) is 4.03. The number of anilines is 1. The van der Waals surface area contributed by atoms with Crippen LogP contribution >= 0.6 is 12.2 Å². The maximum Gasteiger partial charge on any atom is 0.110 e. The Morgan fingerprint density at radius 1 is 0.588 bits per heavy atom. The van der Waals surface area contributed by atoms with Gasteiger partial charge in [-0.1, -0.05) is 156 Å². The molecule has 0 aliphatic heterocycles. The van der Waals surface area contributed by atoms with Gasteiger partial charge in [0.1, 0.15) is 4.99 Å². The molecule has 34 heavy (non-hydrogen) atoms. The second kappa shape index (κ2) is 20.8. The topological polar surface area (TPSA) is 12.0 Å². The molecule has 4 radical (unpaired) electrons. The second-order valence-corrected chi connectivity index (χ2v) is 9.01. The first kappa shape index (κ1) is 30.5. The molecule has 3 heteroatoms. The van der Waals surface area contributed by atoms with Crippen molar-refractivity contribution in [2.45, 2.75) is 77.6 Å². The van der Waals surface area contributed by atoms with Crippen molar-refractivity contribution in [1.29, 1.82) is 0 Å². The number of thiocarbonyl (C=S) groups is 1. The van der Waals surface area contributed by atoms with Gasteiger partial charge in [0.25, 0.3) is 0 Å². The van der Waals surface area contributed by atoms with Crippen molar-refractivity contribution in [1.82, 2.24) is 0 Å². The molecule has 0 aliphatic carbocycles. The number of aryl methyl sites for hydroxylation is 1. The fraction of sp³-hybridized carbons (Fsp3) is 0.387. The number of hydrogen-bond acceptors (Lipinski definition) is 1. The van der Waals surface area contributed by atoms with Gasteiger partial charge in [-0.05, 0) is 30.5 Å². The van der Waals surface area contributed by atoms with Gasteiger partial charge in [-0.2, -0.15) is 0 Å². The first-order valence-electron chi connectivity index (χ1n) is 12.7. The molecule has 0 spiro atoms. The van der Waals surface area contributed by atoms with E-state index in [-0.39, 0.29) is 27.3 Å². The number of nitrogens with one attached hydrogen (secondary N) is 1. The van der Waals surface area contributed by atoms with Gasteiger partial charge in [0.2, 0.25) is 0 Å². The van der Waals surface area contributed by atoms with Crippen LogP contribution in [-0.2, 0) is 6.42 Å². The van der Waals surface area contributed by atoms with E-state index in [1.807, 2.05) is 60.7 Å². The SMILES string of the molecule is CCCCCCCCCCCCc1ccccc1.S=C(Nc1ccccc1)c1ccccc1.[Pb]. The van der Waals surface area contributed by atoms with Crippen LogP contribution in [0.25, 0.3) is 0 Å². The van der Waals surface area contributed by atoms with E-state index in [1.165, 1.54) is 76.2 Å². The minimum Gasteiger partial charge on any atom is -0.346 e. The molecule has 3 aromatic rings. The van der Waals surface area contributed by atoms with E-state index >= 15 is 0 Å². The van der Waals surface area contributed by atoms with Crippen molar-refractivity contribution in [2.75, 3.05) is 5.32 Å². The van der Waals surface area contributed by atoms with Crippen molar-refractivity contribution in [2.24, 2.45) is 0 Å². The number of benzene rings is 3. The zero-order valence-electron chi connectivity index (χ0n) is 20.8. The largest absolute Gasteiger partial charge is 0.346 e. The Kier molecular flexibility index (Phi) is 18.7. The van der Waals surface area contributed by atoms with Crippen molar-refractivity contribution in [3.05, 3.63) is 102 Å². The molecule has 1 N–H and O–H groups in total. The van der Waals surface area contributed by atoms with Crippen LogP contribution in [-0.4, -0.2) is 32.3 Å². The third kappa shape index (κ3) is 14.7. The average molecular weight is 667 g/mol. The molecule has 0 saturated heterocycles. The monoisotopic (exact) mass is 667 g/mol. The predicted molar refractivity (Wildman–Crippen MR) is 156 cm³/mol. The molecular weight excluding hydrogens is 626 g/mol. The number of para-hydroxylation sites is 1. The minimum absolute atomic E-state index is 0. The summed E-state index contributed by atoms with van der Waals surface area (Å²) >= 11 is 5.29. The van der Waals surface area contributed by atoms with E-state index in [9.17, 15) is 0 Å². The van der Waals surface area contributed by atoms with E-state index in [0.29, 0.717) is 0 Å². The zero-order chi connectivity index (χ0) is 23.4. The fourth-order valence-electron chi connectivity index (χ4n) is 3.78. The van der Waals surface area contributed by atoms with E-state index in [2.05, 4.69) is 42.6 Å². The van der Waals surface area contributed by atoms with Gasteiger partial charge in [0.05, 0.1) is 0 Å². The van der Waals surface area contributed by atoms with Gasteiger partial charge in [-0.25, -0.2) is 0 Å². The number of unbranched alkanes of at least 4 members (excludes halogenated alkanes) is 9. The van der Waals surface area contributed by atoms with E-state index in [0.717, 1.165) is 16.2 Å². The minimum atomic E-state index is 0. The van der Waals surface area contributed by atoms with Gasteiger partial charge < -0.3 is 5.32 Å². The standard InChI is InChI=1S/C18H30.C13H11NS.Pb/c1-2-3-4-5-6-7-8-9-10-12-15-18-16-13-11-14-17-18;15-13(11-7-3-1-4-8-11)14-12-9-5-2-6-10-12;/h11,13-14,16-17H,2-10,12,15H2,1H3;1-10H,(H,14,15);. The van der Waals surface area contributed by atoms with Gasteiger partial charge >= 0.3 is 0 Å². The molecule has 0 aromatic heterocycles. The summed E-state index contributed by atoms with van der Waals surface area (Å²) in [7, 11) is 0. The van der Waals surface area contributed by atoms with Crippen LogP contribution in [0.1, 0.15) is 82.3 Å². The molecule has 0 saturated carbocycles. The Bertz CT molecular complexity index is 852. The van der Waals surface area contributed by atoms with E-state index < -0.39 is 0 Å². The van der Waals surface area contributed by atoms with Crippen molar-refractivity contribution in [3.63, 3.8) is 0 Å². The maximum absolute atomic E-state index is 5.29. The number of hydrogen-bond donors (Lipinski definition) is 1. The summed E-state index contributed by atoms with van der Waals surface area (Å²) in [5.74, 6) is 0. The van der Waals surface area contributed by atoms with Gasteiger partial charge in [0.15, 0.2) is 0 Å². The van der Waals surface area contributed by atoms with Gasteiger partial charge in [-0.3, -0.25) is 0 Å². The summed E-state index contributed by atoms with van der Waals surface area (Å²) in [5, 5.41) is 3.19. The van der Waals surface area contributed by atoms with Crippen molar-refractivity contribution < 1.29 is 0 Å². The summed E-state index contributed by atoms with van der Waals surface area (Å²) in [6.07, 6.45) is 15.5. The average Bonchev–Trinajstić information content (AvgIpc) is 2.87. The Morgan fingerprint density at radius 3 is 1.56 bits per heavy atom. The zero-order valence-corrected chi connectivity index (χ0v) is 25.6. The molecule has 0 unspecified atom stereocenters. The molecule has 0 fully saturated rings. The van der Waals surface area contributed by atoms with Gasteiger partial charge in [0, 0.05) is 38.5 Å². The molecule has 0 aliphatic rings. The molecule has 0 amide bonds. The molecule has 0 heterocycles. The third-order valence-electron chi connectivity index (χ3n) is 5.73. The summed E-state index contributed by atoms with van der Waals surface area (Å²) in [6, 6.07) is 30.8. The summed E-state index contributed by atoms with van der Waals surface area (Å²) in [5.41, 5.74) is 3.56. The van der Waals surface area contributed by atoms with E-state index in [4.69, 9.17) is 12.2 Å². The molecule has 3 aromatic carbocycles. The van der Waals surface area contributed by atoms with Gasteiger partial charge in [-0.15, -0.1) is 0 Å².